The van der Waals surface area contributed by atoms with Crippen LogP contribution < -0.4 is 4.90 Å². The standard InChI is InChI=1S/C18H25NO3/c20-16(10-19-3-5-21-6-4-19)22-15-9-13-8-14(15)18-12-2-1-11(7-12)17(13)18/h1-2,11-15,17-18H,3-10H2/p+1. The predicted octanol–water partition coefficient (Wildman–Crippen LogP) is 0.291. The molecule has 4 fully saturated rings. The maximum Gasteiger partial charge on any atom is 0.361 e. The van der Waals surface area contributed by atoms with Gasteiger partial charge in [0.25, 0.3) is 0 Å². The highest BCUT2D eigenvalue weighted by Crippen LogP contribution is 2.65. The van der Waals surface area contributed by atoms with Gasteiger partial charge in [0.2, 0.25) is 0 Å². The highest BCUT2D eigenvalue weighted by atomic mass is 16.5. The second-order valence-electron chi connectivity index (χ2n) is 8.07. The van der Waals surface area contributed by atoms with E-state index < -0.39 is 0 Å². The quantitative estimate of drug-likeness (QED) is 0.463. The van der Waals surface area contributed by atoms with Gasteiger partial charge in [-0.2, -0.15) is 0 Å². The van der Waals surface area contributed by atoms with Crippen LogP contribution in [0.25, 0.3) is 0 Å². The summed E-state index contributed by atoms with van der Waals surface area (Å²) in [7, 11) is 0. The van der Waals surface area contributed by atoms with Gasteiger partial charge in [0.15, 0.2) is 6.54 Å². The number of hydrogen-bond acceptors (Lipinski definition) is 3. The second-order valence-corrected chi connectivity index (χ2v) is 8.07. The first-order valence-corrected chi connectivity index (χ1v) is 9.09. The number of fused-ring (bicyclic) bond motifs is 9. The highest BCUT2D eigenvalue weighted by Gasteiger charge is 2.61. The van der Waals surface area contributed by atoms with Crippen molar-refractivity contribution in [3.05, 3.63) is 12.2 Å². The summed E-state index contributed by atoms with van der Waals surface area (Å²) in [5.74, 6) is 4.87. The monoisotopic (exact) mass is 304 g/mol. The molecule has 7 unspecified atom stereocenters. The van der Waals surface area contributed by atoms with E-state index in [0.717, 1.165) is 62.3 Å². The molecule has 1 N–H and O–H groups in total. The van der Waals surface area contributed by atoms with Crippen molar-refractivity contribution in [1.29, 1.82) is 0 Å². The zero-order valence-electron chi connectivity index (χ0n) is 13.1. The number of hydrogen-bond donors (Lipinski definition) is 1. The molecule has 1 heterocycles. The summed E-state index contributed by atoms with van der Waals surface area (Å²) in [5, 5.41) is 0. The largest absolute Gasteiger partial charge is 0.458 e. The summed E-state index contributed by atoms with van der Waals surface area (Å²) >= 11 is 0. The van der Waals surface area contributed by atoms with Gasteiger partial charge in [0, 0.05) is 0 Å². The van der Waals surface area contributed by atoms with Gasteiger partial charge in [0.1, 0.15) is 19.2 Å². The Balaban J connectivity index is 1.21. The Labute approximate surface area is 131 Å². The molecule has 0 aromatic rings. The lowest BCUT2D eigenvalue weighted by Crippen LogP contribution is -3.15. The topological polar surface area (TPSA) is 40.0 Å². The summed E-state index contributed by atoms with van der Waals surface area (Å²) < 4.78 is 11.3. The molecule has 0 amide bonds. The van der Waals surface area contributed by atoms with E-state index >= 15 is 0 Å². The van der Waals surface area contributed by atoms with Crippen molar-refractivity contribution in [2.24, 2.45) is 35.5 Å². The average Bonchev–Trinajstić information content (AvgIpc) is 3.27. The fourth-order valence-corrected chi connectivity index (χ4v) is 6.34. The fraction of sp³-hybridized carbons (Fsp3) is 0.833. The Kier molecular flexibility index (Phi) is 3.12. The Morgan fingerprint density at radius 1 is 1.09 bits per heavy atom. The molecule has 0 radical (unpaired) electrons. The smallest absolute Gasteiger partial charge is 0.361 e. The van der Waals surface area contributed by atoms with E-state index in [1.165, 1.54) is 17.7 Å². The van der Waals surface area contributed by atoms with Crippen molar-refractivity contribution in [1.82, 2.24) is 0 Å². The van der Waals surface area contributed by atoms with Crippen LogP contribution in [0.5, 0.6) is 0 Å². The fourth-order valence-electron chi connectivity index (χ4n) is 6.34. The normalized spacial score (nSPS) is 48.8. The van der Waals surface area contributed by atoms with E-state index in [4.69, 9.17) is 9.47 Å². The Morgan fingerprint density at radius 3 is 2.68 bits per heavy atom. The molecule has 0 aromatic carbocycles. The summed E-state index contributed by atoms with van der Waals surface area (Å²) in [6.45, 7) is 3.94. The first-order valence-electron chi connectivity index (χ1n) is 9.09. The van der Waals surface area contributed by atoms with Crippen LogP contribution in [-0.2, 0) is 14.3 Å². The molecular weight excluding hydrogens is 278 g/mol. The Morgan fingerprint density at radius 2 is 1.86 bits per heavy atom. The van der Waals surface area contributed by atoms with Crippen molar-refractivity contribution in [2.45, 2.75) is 25.4 Å². The third-order valence-electron chi connectivity index (χ3n) is 7.09. The molecule has 0 aromatic heterocycles. The molecule has 7 atom stereocenters. The average molecular weight is 304 g/mol. The Hall–Kier alpha value is -0.870. The van der Waals surface area contributed by atoms with Gasteiger partial charge in [-0.1, -0.05) is 12.2 Å². The van der Waals surface area contributed by atoms with E-state index in [1.807, 2.05) is 0 Å². The lowest BCUT2D eigenvalue weighted by atomic mass is 9.72. The van der Waals surface area contributed by atoms with Crippen molar-refractivity contribution in [2.75, 3.05) is 32.8 Å². The minimum atomic E-state index is 0.0182. The van der Waals surface area contributed by atoms with Crippen LogP contribution in [0, 0.1) is 35.5 Å². The molecular formula is C18H26NO3+. The summed E-state index contributed by atoms with van der Waals surface area (Å²) in [6.07, 6.45) is 8.95. The molecule has 5 aliphatic rings. The molecule has 22 heavy (non-hydrogen) atoms. The summed E-state index contributed by atoms with van der Waals surface area (Å²) in [5.41, 5.74) is 0. The number of allylic oxidation sites excluding steroid dienone is 2. The van der Waals surface area contributed by atoms with Gasteiger partial charge in [-0.15, -0.1) is 0 Å². The summed E-state index contributed by atoms with van der Waals surface area (Å²) in [6, 6.07) is 0. The van der Waals surface area contributed by atoms with Gasteiger partial charge in [-0.25, -0.2) is 4.79 Å². The molecule has 1 saturated heterocycles. The zero-order valence-corrected chi connectivity index (χ0v) is 13.1. The van der Waals surface area contributed by atoms with Gasteiger partial charge < -0.3 is 14.4 Å². The Bertz CT molecular complexity index is 499. The second kappa shape index (κ2) is 5.07. The first kappa shape index (κ1) is 13.6. The van der Waals surface area contributed by atoms with Crippen molar-refractivity contribution in [3.8, 4) is 0 Å². The molecule has 1 aliphatic heterocycles. The molecule has 4 aliphatic carbocycles. The lowest BCUT2D eigenvalue weighted by Gasteiger charge is -2.36. The van der Waals surface area contributed by atoms with E-state index in [-0.39, 0.29) is 12.1 Å². The van der Waals surface area contributed by atoms with Crippen LogP contribution in [0.4, 0.5) is 0 Å². The molecule has 4 nitrogen and oxygen atoms in total. The van der Waals surface area contributed by atoms with Crippen molar-refractivity contribution < 1.29 is 19.2 Å². The third kappa shape index (κ3) is 2.00. The number of quaternary nitrogens is 1. The number of carbonyl (C=O) groups excluding carboxylic acids is 1. The van der Waals surface area contributed by atoms with Crippen LogP contribution in [0.3, 0.4) is 0 Å². The SMILES string of the molecule is O=C(C[NH+]1CCOCC1)OC1CC2CC1C1C3C=CC(C3)C21. The highest BCUT2D eigenvalue weighted by molar-refractivity contribution is 5.70. The van der Waals surface area contributed by atoms with E-state index in [0.29, 0.717) is 12.5 Å². The van der Waals surface area contributed by atoms with E-state index in [9.17, 15) is 4.79 Å². The lowest BCUT2D eigenvalue weighted by molar-refractivity contribution is -0.900. The molecule has 4 bridgehead atoms. The van der Waals surface area contributed by atoms with Crippen molar-refractivity contribution in [3.63, 3.8) is 0 Å². The van der Waals surface area contributed by atoms with Crippen LogP contribution in [0.2, 0.25) is 0 Å². The van der Waals surface area contributed by atoms with Crippen LogP contribution in [0.15, 0.2) is 12.2 Å². The van der Waals surface area contributed by atoms with Crippen molar-refractivity contribution >= 4 is 5.97 Å². The van der Waals surface area contributed by atoms with Gasteiger partial charge in [-0.05, 0) is 54.8 Å². The molecule has 5 rings (SSSR count). The maximum atomic E-state index is 12.3. The van der Waals surface area contributed by atoms with E-state index in [2.05, 4.69) is 12.2 Å². The van der Waals surface area contributed by atoms with E-state index in [1.54, 1.807) is 0 Å². The van der Waals surface area contributed by atoms with Crippen LogP contribution in [-0.4, -0.2) is 44.9 Å². The molecule has 3 saturated carbocycles. The van der Waals surface area contributed by atoms with Gasteiger partial charge in [-0.3, -0.25) is 0 Å². The van der Waals surface area contributed by atoms with Crippen LogP contribution >= 0.6 is 0 Å². The summed E-state index contributed by atoms with van der Waals surface area (Å²) in [4.78, 5) is 13.6. The minimum absolute atomic E-state index is 0.0182. The third-order valence-corrected chi connectivity index (χ3v) is 7.09. The van der Waals surface area contributed by atoms with Gasteiger partial charge >= 0.3 is 5.97 Å². The molecule has 120 valence electrons. The van der Waals surface area contributed by atoms with Crippen LogP contribution in [0.1, 0.15) is 19.3 Å². The molecule has 4 heteroatoms. The van der Waals surface area contributed by atoms with Gasteiger partial charge in [0.05, 0.1) is 13.2 Å². The number of ether oxygens (including phenoxy) is 2. The number of rotatable bonds is 3. The number of nitrogens with one attached hydrogen (secondary N) is 1. The minimum Gasteiger partial charge on any atom is -0.458 e. The number of carbonyl (C=O) groups is 1. The number of esters is 1. The predicted molar refractivity (Wildman–Crippen MR) is 80.2 cm³/mol. The molecule has 0 spiro atoms. The maximum absolute atomic E-state index is 12.3. The first-order chi connectivity index (χ1) is 10.8. The zero-order chi connectivity index (χ0) is 14.7. The number of morpholine rings is 1.